The fraction of sp³-hybridized carbons (Fsp3) is 0.357. The maximum absolute atomic E-state index is 12.0. The lowest BCUT2D eigenvalue weighted by atomic mass is 10.2. The Morgan fingerprint density at radius 3 is 2.86 bits per heavy atom. The molecule has 0 bridgehead atoms. The molecule has 1 aromatic heterocycles. The Kier molecular flexibility index (Phi) is 6.22. The molecule has 0 fully saturated rings. The van der Waals surface area contributed by atoms with Gasteiger partial charge in [0.2, 0.25) is 11.0 Å². The zero-order valence-corrected chi connectivity index (χ0v) is 15.7. The van der Waals surface area contributed by atoms with Crippen LogP contribution in [0.15, 0.2) is 27.0 Å². The fourth-order valence-electron chi connectivity index (χ4n) is 1.62. The van der Waals surface area contributed by atoms with Crippen LogP contribution in [0.1, 0.15) is 19.4 Å². The van der Waals surface area contributed by atoms with Crippen LogP contribution < -0.4 is 10.6 Å². The molecule has 118 valence electrons. The van der Waals surface area contributed by atoms with Gasteiger partial charge in [0.15, 0.2) is 4.34 Å². The van der Waals surface area contributed by atoms with E-state index < -0.39 is 0 Å². The van der Waals surface area contributed by atoms with E-state index in [1.807, 2.05) is 39.0 Å². The first-order chi connectivity index (χ1) is 10.4. The van der Waals surface area contributed by atoms with E-state index in [1.54, 1.807) is 0 Å². The topological polar surface area (TPSA) is 66.9 Å². The molecular weight excluding hydrogens is 384 g/mol. The summed E-state index contributed by atoms with van der Waals surface area (Å²) in [5.41, 5.74) is 1.88. The fourth-order valence-corrected chi connectivity index (χ4v) is 3.56. The molecule has 0 unspecified atom stereocenters. The van der Waals surface area contributed by atoms with Crippen LogP contribution in [0.25, 0.3) is 0 Å². The van der Waals surface area contributed by atoms with E-state index in [9.17, 15) is 4.79 Å². The molecule has 2 N–H and O–H groups in total. The first-order valence-electron chi connectivity index (χ1n) is 6.73. The van der Waals surface area contributed by atoms with Gasteiger partial charge in [0.05, 0.1) is 5.75 Å². The minimum atomic E-state index is -0.0553. The quantitative estimate of drug-likeness (QED) is 0.712. The zero-order valence-electron chi connectivity index (χ0n) is 12.5. The van der Waals surface area contributed by atoms with Crippen molar-refractivity contribution in [3.05, 3.63) is 28.2 Å². The average Bonchev–Trinajstić information content (AvgIpc) is 2.87. The van der Waals surface area contributed by atoms with Crippen LogP contribution >= 0.6 is 39.0 Å². The number of nitrogens with zero attached hydrogens (tertiary/aromatic N) is 2. The van der Waals surface area contributed by atoms with Gasteiger partial charge in [-0.2, -0.15) is 0 Å². The molecule has 1 heterocycles. The molecule has 22 heavy (non-hydrogen) atoms. The molecule has 0 aliphatic heterocycles. The minimum absolute atomic E-state index is 0.0553. The van der Waals surface area contributed by atoms with Crippen LogP contribution in [0, 0.1) is 6.92 Å². The molecule has 0 aliphatic rings. The summed E-state index contributed by atoms with van der Waals surface area (Å²) >= 11 is 6.28. The van der Waals surface area contributed by atoms with E-state index in [0.29, 0.717) is 11.8 Å². The Hall–Kier alpha value is -1.12. The number of carbonyl (C=O) groups is 1. The highest BCUT2D eigenvalue weighted by Crippen LogP contribution is 2.26. The lowest BCUT2D eigenvalue weighted by Gasteiger charge is -2.06. The van der Waals surface area contributed by atoms with Crippen molar-refractivity contribution in [3.8, 4) is 0 Å². The standard InChI is InChI=1S/C14H17BrN4OS2/c1-8(2)16-13-18-19-14(22-13)21-7-12(20)17-10-4-5-11(15)9(3)6-10/h4-6,8H,7H2,1-3H3,(H,16,18)(H,17,20). The molecule has 2 rings (SSSR count). The number of benzene rings is 1. The Balaban J connectivity index is 1.84. The predicted molar refractivity (Wildman–Crippen MR) is 96.9 cm³/mol. The van der Waals surface area contributed by atoms with Crippen molar-refractivity contribution in [1.82, 2.24) is 10.2 Å². The summed E-state index contributed by atoms with van der Waals surface area (Å²) in [5.74, 6) is 0.256. The summed E-state index contributed by atoms with van der Waals surface area (Å²) in [4.78, 5) is 12.0. The Labute approximate surface area is 146 Å². The van der Waals surface area contributed by atoms with Gasteiger partial charge < -0.3 is 10.6 Å². The van der Waals surface area contributed by atoms with Crippen LogP contribution in [0.5, 0.6) is 0 Å². The minimum Gasteiger partial charge on any atom is -0.358 e. The molecule has 0 saturated carbocycles. The van der Waals surface area contributed by atoms with Gasteiger partial charge in [-0.3, -0.25) is 4.79 Å². The van der Waals surface area contributed by atoms with Crippen LogP contribution in [0.3, 0.4) is 0 Å². The van der Waals surface area contributed by atoms with Gasteiger partial charge in [-0.1, -0.05) is 39.0 Å². The summed E-state index contributed by atoms with van der Waals surface area (Å²) in [5, 5.41) is 14.9. The van der Waals surface area contributed by atoms with Gasteiger partial charge in [0.1, 0.15) is 0 Å². The van der Waals surface area contributed by atoms with E-state index in [0.717, 1.165) is 25.2 Å². The van der Waals surface area contributed by atoms with E-state index in [-0.39, 0.29) is 5.91 Å². The maximum Gasteiger partial charge on any atom is 0.234 e. The number of halogens is 1. The van der Waals surface area contributed by atoms with Gasteiger partial charge in [0.25, 0.3) is 0 Å². The van der Waals surface area contributed by atoms with Crippen LogP contribution in [0.4, 0.5) is 10.8 Å². The molecule has 0 radical (unpaired) electrons. The number of aromatic nitrogens is 2. The monoisotopic (exact) mass is 400 g/mol. The first-order valence-corrected chi connectivity index (χ1v) is 9.32. The van der Waals surface area contributed by atoms with Crippen LogP contribution in [-0.4, -0.2) is 27.9 Å². The second-order valence-corrected chi connectivity index (χ2v) is 8.03. The van der Waals surface area contributed by atoms with Crippen molar-refractivity contribution in [1.29, 1.82) is 0 Å². The lowest BCUT2D eigenvalue weighted by Crippen LogP contribution is -2.14. The normalized spacial score (nSPS) is 10.8. The molecule has 1 amide bonds. The third kappa shape index (κ3) is 5.26. The molecule has 0 spiro atoms. The Morgan fingerprint density at radius 1 is 1.41 bits per heavy atom. The van der Waals surface area contributed by atoms with Gasteiger partial charge in [0, 0.05) is 16.2 Å². The summed E-state index contributed by atoms with van der Waals surface area (Å²) in [6.07, 6.45) is 0. The first kappa shape index (κ1) is 17.2. The van der Waals surface area contributed by atoms with Crippen molar-refractivity contribution in [2.45, 2.75) is 31.2 Å². The van der Waals surface area contributed by atoms with Crippen molar-refractivity contribution in [2.75, 3.05) is 16.4 Å². The average molecular weight is 401 g/mol. The van der Waals surface area contributed by atoms with E-state index >= 15 is 0 Å². The van der Waals surface area contributed by atoms with Gasteiger partial charge in [-0.05, 0) is 44.5 Å². The van der Waals surface area contributed by atoms with E-state index in [4.69, 9.17) is 0 Å². The number of nitrogens with one attached hydrogen (secondary N) is 2. The maximum atomic E-state index is 12.0. The Morgan fingerprint density at radius 2 is 2.18 bits per heavy atom. The van der Waals surface area contributed by atoms with Crippen molar-refractivity contribution in [3.63, 3.8) is 0 Å². The van der Waals surface area contributed by atoms with Crippen molar-refractivity contribution in [2.24, 2.45) is 0 Å². The molecule has 2 aromatic rings. The number of aryl methyl sites for hydroxylation is 1. The number of amides is 1. The molecule has 0 saturated heterocycles. The molecule has 1 aromatic carbocycles. The summed E-state index contributed by atoms with van der Waals surface area (Å²) in [6.45, 7) is 6.07. The number of thioether (sulfide) groups is 1. The number of hydrogen-bond donors (Lipinski definition) is 2. The molecular formula is C14H17BrN4OS2. The highest BCUT2D eigenvalue weighted by atomic mass is 79.9. The number of carbonyl (C=O) groups excluding carboxylic acids is 1. The third-order valence-electron chi connectivity index (χ3n) is 2.59. The van der Waals surface area contributed by atoms with Crippen LogP contribution in [0.2, 0.25) is 0 Å². The number of hydrogen-bond acceptors (Lipinski definition) is 6. The summed E-state index contributed by atoms with van der Waals surface area (Å²) < 4.78 is 1.81. The Bertz CT molecular complexity index is 660. The molecule has 5 nitrogen and oxygen atoms in total. The molecule has 8 heteroatoms. The third-order valence-corrected chi connectivity index (χ3v) is 5.46. The van der Waals surface area contributed by atoms with Gasteiger partial charge in [-0.25, -0.2) is 0 Å². The lowest BCUT2D eigenvalue weighted by molar-refractivity contribution is -0.113. The summed E-state index contributed by atoms with van der Waals surface area (Å²) in [6, 6.07) is 6.04. The van der Waals surface area contributed by atoms with Crippen molar-refractivity contribution < 1.29 is 4.79 Å². The van der Waals surface area contributed by atoms with Gasteiger partial charge >= 0.3 is 0 Å². The summed E-state index contributed by atoms with van der Waals surface area (Å²) in [7, 11) is 0. The molecule has 0 atom stereocenters. The van der Waals surface area contributed by atoms with Crippen LogP contribution in [-0.2, 0) is 4.79 Å². The largest absolute Gasteiger partial charge is 0.358 e. The number of rotatable bonds is 6. The second-order valence-electron chi connectivity index (χ2n) is 4.97. The highest BCUT2D eigenvalue weighted by Gasteiger charge is 2.09. The predicted octanol–water partition coefficient (Wildman–Crippen LogP) is 4.16. The smallest absolute Gasteiger partial charge is 0.234 e. The van der Waals surface area contributed by atoms with E-state index in [2.05, 4.69) is 36.8 Å². The van der Waals surface area contributed by atoms with Crippen molar-refractivity contribution >= 4 is 55.8 Å². The SMILES string of the molecule is Cc1cc(NC(=O)CSc2nnc(NC(C)C)s2)ccc1Br. The number of anilines is 2. The highest BCUT2D eigenvalue weighted by molar-refractivity contribution is 9.10. The van der Waals surface area contributed by atoms with E-state index in [1.165, 1.54) is 23.1 Å². The second kappa shape index (κ2) is 7.94. The zero-order chi connectivity index (χ0) is 16.1. The molecule has 0 aliphatic carbocycles. The van der Waals surface area contributed by atoms with Gasteiger partial charge in [-0.15, -0.1) is 10.2 Å².